The van der Waals surface area contributed by atoms with E-state index in [9.17, 15) is 13.8 Å². The molecule has 2 atom stereocenters. The van der Waals surface area contributed by atoms with Crippen LogP contribution >= 0.6 is 7.37 Å². The molecule has 108 valence electrons. The van der Waals surface area contributed by atoms with Gasteiger partial charge in [0.1, 0.15) is 0 Å². The maximum atomic E-state index is 13.2. The van der Waals surface area contributed by atoms with Crippen molar-refractivity contribution >= 4 is 13.3 Å². The van der Waals surface area contributed by atoms with E-state index >= 15 is 0 Å². The summed E-state index contributed by atoms with van der Waals surface area (Å²) in [5.41, 5.74) is 0. The number of aliphatic carboxylic acids is 1. The molecule has 2 unspecified atom stereocenters. The fraction of sp³-hybridized carbons (Fsp3) is 0.900. The van der Waals surface area contributed by atoms with Gasteiger partial charge in [-0.2, -0.15) is 0 Å². The van der Waals surface area contributed by atoms with Gasteiger partial charge in [0.25, 0.3) is 7.37 Å². The summed E-state index contributed by atoms with van der Waals surface area (Å²) in [7, 11) is -3.67. The van der Waals surface area contributed by atoms with E-state index in [4.69, 9.17) is 19.1 Å². The SMILES string of the molecule is CCOC(OCC)P(=O)(CC(F)C(=O)O)OCC. The average molecular weight is 286 g/mol. The van der Waals surface area contributed by atoms with Gasteiger partial charge in [0.15, 0.2) is 0 Å². The van der Waals surface area contributed by atoms with Gasteiger partial charge in [0.05, 0.1) is 12.8 Å². The monoisotopic (exact) mass is 286 g/mol. The van der Waals surface area contributed by atoms with Crippen molar-refractivity contribution in [3.63, 3.8) is 0 Å². The third-order valence-corrected chi connectivity index (χ3v) is 4.44. The van der Waals surface area contributed by atoms with Crippen molar-refractivity contribution in [2.75, 3.05) is 26.0 Å². The molecule has 0 radical (unpaired) electrons. The van der Waals surface area contributed by atoms with Crippen molar-refractivity contribution in [3.05, 3.63) is 0 Å². The summed E-state index contributed by atoms with van der Waals surface area (Å²) < 4.78 is 40.9. The first-order valence-corrected chi connectivity index (χ1v) is 7.62. The minimum Gasteiger partial charge on any atom is -0.479 e. The summed E-state index contributed by atoms with van der Waals surface area (Å²) in [5.74, 6) is -1.68. The summed E-state index contributed by atoms with van der Waals surface area (Å²) in [4.78, 5) is 10.5. The van der Waals surface area contributed by atoms with E-state index in [1.807, 2.05) is 0 Å². The lowest BCUT2D eigenvalue weighted by Gasteiger charge is -2.26. The van der Waals surface area contributed by atoms with Crippen LogP contribution in [0.2, 0.25) is 0 Å². The van der Waals surface area contributed by atoms with Gasteiger partial charge in [-0.3, -0.25) is 4.57 Å². The lowest BCUT2D eigenvalue weighted by molar-refractivity contribution is -0.142. The van der Waals surface area contributed by atoms with Crippen molar-refractivity contribution in [1.29, 1.82) is 0 Å². The maximum Gasteiger partial charge on any atom is 0.338 e. The first-order chi connectivity index (χ1) is 8.41. The second kappa shape index (κ2) is 8.58. The van der Waals surface area contributed by atoms with Crippen molar-refractivity contribution in [2.24, 2.45) is 0 Å². The Balaban J connectivity index is 4.94. The topological polar surface area (TPSA) is 82.1 Å². The molecule has 0 aromatic heterocycles. The molecule has 0 spiro atoms. The molecule has 0 aliphatic rings. The predicted molar refractivity (Wildman–Crippen MR) is 63.7 cm³/mol. The molecule has 0 heterocycles. The Labute approximate surface area is 106 Å². The van der Waals surface area contributed by atoms with Crippen LogP contribution in [-0.2, 0) is 23.4 Å². The van der Waals surface area contributed by atoms with Crippen LogP contribution in [0, 0.1) is 0 Å². The van der Waals surface area contributed by atoms with E-state index in [2.05, 4.69) is 0 Å². The van der Waals surface area contributed by atoms with E-state index in [0.717, 1.165) is 0 Å². The summed E-state index contributed by atoms with van der Waals surface area (Å²) in [6, 6.07) is -1.23. The van der Waals surface area contributed by atoms with Crippen LogP contribution in [0.1, 0.15) is 20.8 Å². The van der Waals surface area contributed by atoms with Gasteiger partial charge in [0.2, 0.25) is 12.2 Å². The van der Waals surface area contributed by atoms with Crippen LogP contribution in [0.4, 0.5) is 4.39 Å². The normalized spacial score (nSPS) is 16.5. The van der Waals surface area contributed by atoms with E-state index < -0.39 is 31.7 Å². The van der Waals surface area contributed by atoms with Gasteiger partial charge < -0.3 is 19.1 Å². The minimum atomic E-state index is -3.67. The summed E-state index contributed by atoms with van der Waals surface area (Å²) in [6.07, 6.45) is -3.04. The van der Waals surface area contributed by atoms with Gasteiger partial charge in [-0.05, 0) is 20.8 Å². The molecule has 0 amide bonds. The Bertz CT molecular complexity index is 292. The average Bonchev–Trinajstić information content (AvgIpc) is 2.28. The second-order valence-electron chi connectivity index (χ2n) is 3.35. The van der Waals surface area contributed by atoms with Gasteiger partial charge in [0, 0.05) is 13.2 Å². The zero-order chi connectivity index (χ0) is 14.2. The molecular formula is C10H20FO6P. The molecule has 0 bridgehead atoms. The molecule has 8 heteroatoms. The number of carbonyl (C=O) groups is 1. The fourth-order valence-corrected chi connectivity index (χ4v) is 3.47. The molecular weight excluding hydrogens is 266 g/mol. The highest BCUT2D eigenvalue weighted by Gasteiger charge is 2.40. The molecule has 0 saturated carbocycles. The number of carboxylic acids is 1. The van der Waals surface area contributed by atoms with Crippen molar-refractivity contribution in [2.45, 2.75) is 33.0 Å². The largest absolute Gasteiger partial charge is 0.479 e. The van der Waals surface area contributed by atoms with Gasteiger partial charge in [-0.25, -0.2) is 9.18 Å². The highest BCUT2D eigenvalue weighted by atomic mass is 31.2. The van der Waals surface area contributed by atoms with E-state index in [1.54, 1.807) is 20.8 Å². The van der Waals surface area contributed by atoms with Crippen LogP contribution in [-0.4, -0.2) is 49.3 Å². The maximum absolute atomic E-state index is 13.2. The van der Waals surface area contributed by atoms with Crippen molar-refractivity contribution in [3.8, 4) is 0 Å². The number of rotatable bonds is 10. The molecule has 0 saturated heterocycles. The molecule has 18 heavy (non-hydrogen) atoms. The Morgan fingerprint density at radius 3 is 2.06 bits per heavy atom. The Morgan fingerprint density at radius 1 is 1.22 bits per heavy atom. The predicted octanol–water partition coefficient (Wildman–Crippen LogP) is 2.08. The summed E-state index contributed by atoms with van der Waals surface area (Å²) in [5, 5.41) is 8.52. The highest BCUT2D eigenvalue weighted by molar-refractivity contribution is 7.59. The van der Waals surface area contributed by atoms with Gasteiger partial charge in [-0.1, -0.05) is 0 Å². The molecule has 6 nitrogen and oxygen atoms in total. The molecule has 0 aliphatic heterocycles. The number of hydrogen-bond acceptors (Lipinski definition) is 5. The zero-order valence-electron chi connectivity index (χ0n) is 10.8. The van der Waals surface area contributed by atoms with E-state index in [-0.39, 0.29) is 19.8 Å². The van der Waals surface area contributed by atoms with Crippen LogP contribution in [0.15, 0.2) is 0 Å². The second-order valence-corrected chi connectivity index (χ2v) is 5.85. The number of hydrogen-bond donors (Lipinski definition) is 1. The number of ether oxygens (including phenoxy) is 2. The van der Waals surface area contributed by atoms with Crippen molar-refractivity contribution in [1.82, 2.24) is 0 Å². The minimum absolute atomic E-state index is 0.0558. The van der Waals surface area contributed by atoms with E-state index in [0.29, 0.717) is 0 Å². The number of carboxylic acid groups (broad SMARTS) is 1. The standard InChI is InChI=1S/C10H20FO6P/c1-4-15-10(16-5-2)18(14,17-6-3)7-8(11)9(12)13/h8,10H,4-7H2,1-3H3,(H,12,13). The first kappa shape index (κ1) is 17.5. The quantitative estimate of drug-likeness (QED) is 0.489. The Kier molecular flexibility index (Phi) is 8.35. The third kappa shape index (κ3) is 5.44. The van der Waals surface area contributed by atoms with E-state index in [1.165, 1.54) is 0 Å². The molecule has 0 fully saturated rings. The Morgan fingerprint density at radius 2 is 1.72 bits per heavy atom. The molecule has 0 aromatic carbocycles. The zero-order valence-corrected chi connectivity index (χ0v) is 11.7. The van der Waals surface area contributed by atoms with Gasteiger partial charge in [-0.15, -0.1) is 0 Å². The smallest absolute Gasteiger partial charge is 0.338 e. The lowest BCUT2D eigenvalue weighted by Crippen LogP contribution is -2.27. The lowest BCUT2D eigenvalue weighted by atomic mass is 10.5. The highest BCUT2D eigenvalue weighted by Crippen LogP contribution is 2.53. The Hall–Kier alpha value is -0.490. The summed E-state index contributed by atoms with van der Waals surface area (Å²) >= 11 is 0. The van der Waals surface area contributed by atoms with Crippen LogP contribution < -0.4 is 0 Å². The van der Waals surface area contributed by atoms with Crippen LogP contribution in [0.3, 0.4) is 0 Å². The summed E-state index contributed by atoms with van der Waals surface area (Å²) in [6.45, 7) is 5.35. The molecule has 0 rings (SSSR count). The third-order valence-electron chi connectivity index (χ3n) is 1.97. The molecule has 0 aliphatic carbocycles. The molecule has 0 aromatic rings. The van der Waals surface area contributed by atoms with Crippen LogP contribution in [0.5, 0.6) is 0 Å². The number of halogens is 1. The first-order valence-electron chi connectivity index (χ1n) is 5.74. The fourth-order valence-electron chi connectivity index (χ4n) is 1.28. The van der Waals surface area contributed by atoms with Gasteiger partial charge >= 0.3 is 5.97 Å². The number of alkyl halides is 1. The van der Waals surface area contributed by atoms with Crippen LogP contribution in [0.25, 0.3) is 0 Å². The molecule has 1 N–H and O–H groups in total. The van der Waals surface area contributed by atoms with Crippen molar-refractivity contribution < 1.29 is 32.9 Å².